The van der Waals surface area contributed by atoms with Crippen molar-refractivity contribution in [3.63, 3.8) is 0 Å². The third kappa shape index (κ3) is 2.97. The molecule has 0 aliphatic heterocycles. The summed E-state index contributed by atoms with van der Waals surface area (Å²) in [5, 5.41) is 17.3. The molecular formula is C6H6O4. The first-order chi connectivity index (χ1) is 4.72. The molecule has 0 spiro atoms. The lowest BCUT2D eigenvalue weighted by Crippen LogP contribution is -2.21. The van der Waals surface area contributed by atoms with Crippen LogP contribution >= 0.6 is 0 Å². The van der Waals surface area contributed by atoms with Crippen molar-refractivity contribution in [1.29, 1.82) is 0 Å². The fourth-order valence-electron chi connectivity index (χ4n) is 0.337. The van der Waals surface area contributed by atoms with E-state index in [1.807, 2.05) is 0 Å². The predicted octanol–water partition coefficient (Wildman–Crippen LogP) is -1.52. The number of hydrogen-bond acceptors (Lipinski definition) is 4. The van der Waals surface area contributed by atoms with Gasteiger partial charge in [0.1, 0.15) is 24.1 Å². The molecule has 0 fully saturated rings. The summed E-state index contributed by atoms with van der Waals surface area (Å²) in [4.78, 5) is 19.1. The zero-order valence-corrected chi connectivity index (χ0v) is 5.02. The highest BCUT2D eigenvalue weighted by atomic mass is 16.3. The Kier molecular flexibility index (Phi) is 4.12. The topological polar surface area (TPSA) is 74.6 Å². The maximum absolute atomic E-state index is 9.56. The summed E-state index contributed by atoms with van der Waals surface area (Å²) < 4.78 is 0. The molecular weight excluding hydrogens is 136 g/mol. The third-order valence-electron chi connectivity index (χ3n) is 0.828. The van der Waals surface area contributed by atoms with E-state index in [4.69, 9.17) is 10.2 Å². The first kappa shape index (κ1) is 8.82. The highest BCUT2D eigenvalue weighted by molar-refractivity contribution is 5.49. The summed E-state index contributed by atoms with van der Waals surface area (Å²) in [6, 6.07) is 0. The van der Waals surface area contributed by atoms with Crippen molar-refractivity contribution in [2.75, 3.05) is 0 Å². The summed E-state index contributed by atoms with van der Waals surface area (Å²) in [5.74, 6) is 2.54. The average Bonchev–Trinajstić information content (AvgIpc) is 1.89. The molecule has 0 heterocycles. The monoisotopic (exact) mass is 142 g/mol. The molecule has 4 heteroatoms. The van der Waals surface area contributed by atoms with Crippen molar-refractivity contribution in [2.45, 2.75) is 12.2 Å². The van der Waals surface area contributed by atoms with Gasteiger partial charge in [0, 0.05) is 12.2 Å². The maximum Gasteiger partial charge on any atom is 0.122 e. The van der Waals surface area contributed by atoms with Crippen LogP contribution in [-0.4, -0.2) is 34.3 Å². The molecule has 0 aromatic heterocycles. The van der Waals surface area contributed by atoms with E-state index >= 15 is 0 Å². The van der Waals surface area contributed by atoms with Gasteiger partial charge in [-0.15, -0.1) is 0 Å². The molecule has 0 aromatic rings. The lowest BCUT2D eigenvalue weighted by molar-refractivity contribution is 0.0820. The lowest BCUT2D eigenvalue weighted by atomic mass is 10.2. The second kappa shape index (κ2) is 4.68. The van der Waals surface area contributed by atoms with Crippen molar-refractivity contribution >= 4 is 11.9 Å². The van der Waals surface area contributed by atoms with Crippen molar-refractivity contribution in [3.8, 4) is 0 Å². The largest absolute Gasteiger partial charge is 0.385 e. The van der Waals surface area contributed by atoms with Gasteiger partial charge >= 0.3 is 0 Å². The molecule has 10 heavy (non-hydrogen) atoms. The van der Waals surface area contributed by atoms with E-state index in [0.29, 0.717) is 12.2 Å². The van der Waals surface area contributed by atoms with Gasteiger partial charge in [0.2, 0.25) is 0 Å². The Labute approximate surface area is 57.1 Å². The van der Waals surface area contributed by atoms with Gasteiger partial charge in [0.05, 0.1) is 0 Å². The summed E-state index contributed by atoms with van der Waals surface area (Å²) in [6.07, 6.45) is -1.34. The molecule has 0 saturated carbocycles. The minimum atomic E-state index is -1.38. The molecule has 2 atom stereocenters. The molecule has 0 bridgehead atoms. The van der Waals surface area contributed by atoms with E-state index in [1.165, 1.54) is 11.9 Å². The molecule has 0 radical (unpaired) electrons. The third-order valence-corrected chi connectivity index (χ3v) is 0.828. The van der Waals surface area contributed by atoms with Crippen LogP contribution in [0.2, 0.25) is 0 Å². The molecule has 2 unspecified atom stereocenters. The van der Waals surface area contributed by atoms with Crippen LogP contribution in [0.15, 0.2) is 12.2 Å². The van der Waals surface area contributed by atoms with Crippen molar-refractivity contribution < 1.29 is 19.8 Å². The Bertz CT molecular complexity index is 164. The van der Waals surface area contributed by atoms with Gasteiger partial charge in [-0.05, 0) is 0 Å². The molecule has 0 aliphatic carbocycles. The van der Waals surface area contributed by atoms with E-state index in [2.05, 4.69) is 0 Å². The van der Waals surface area contributed by atoms with E-state index < -0.39 is 12.2 Å². The van der Waals surface area contributed by atoms with Gasteiger partial charge < -0.3 is 10.2 Å². The SMILES string of the molecule is O=C=CC(O)C(O)C=C=O. The first-order valence-corrected chi connectivity index (χ1v) is 2.50. The van der Waals surface area contributed by atoms with E-state index in [9.17, 15) is 9.59 Å². The molecule has 0 rings (SSSR count). The molecule has 54 valence electrons. The normalized spacial score (nSPS) is 14.2. The minimum absolute atomic E-state index is 0.707. The first-order valence-electron chi connectivity index (χ1n) is 2.50. The van der Waals surface area contributed by atoms with Crippen LogP contribution in [0.3, 0.4) is 0 Å². The van der Waals surface area contributed by atoms with Gasteiger partial charge in [-0.1, -0.05) is 0 Å². The summed E-state index contributed by atoms with van der Waals surface area (Å²) in [5.41, 5.74) is 0. The molecule has 0 amide bonds. The Morgan fingerprint density at radius 1 is 1.00 bits per heavy atom. The van der Waals surface area contributed by atoms with Gasteiger partial charge in [0.25, 0.3) is 0 Å². The zero-order chi connectivity index (χ0) is 7.98. The highest BCUT2D eigenvalue weighted by Gasteiger charge is 2.09. The number of rotatable bonds is 3. The van der Waals surface area contributed by atoms with Crippen LogP contribution in [0.25, 0.3) is 0 Å². The lowest BCUT2D eigenvalue weighted by Gasteiger charge is -2.04. The standard InChI is InChI=1S/C6H6O4/c7-3-1-5(9)6(10)2-4-8/h1-2,5-6,9-10H. The van der Waals surface area contributed by atoms with Crippen LogP contribution in [0.4, 0.5) is 0 Å². The molecule has 0 aromatic carbocycles. The summed E-state index contributed by atoms with van der Waals surface area (Å²) in [6.45, 7) is 0. The fourth-order valence-corrected chi connectivity index (χ4v) is 0.337. The summed E-state index contributed by atoms with van der Waals surface area (Å²) >= 11 is 0. The minimum Gasteiger partial charge on any atom is -0.385 e. The summed E-state index contributed by atoms with van der Waals surface area (Å²) in [7, 11) is 0. The number of hydrogen-bond donors (Lipinski definition) is 2. The highest BCUT2D eigenvalue weighted by Crippen LogP contribution is 1.92. The Hall–Kier alpha value is -1.18. The van der Waals surface area contributed by atoms with Gasteiger partial charge in [-0.25, -0.2) is 9.59 Å². The van der Waals surface area contributed by atoms with Crippen molar-refractivity contribution in [2.24, 2.45) is 0 Å². The predicted molar refractivity (Wildman–Crippen MR) is 32.5 cm³/mol. The quantitative estimate of drug-likeness (QED) is 0.469. The number of aliphatic hydroxyl groups is 2. The zero-order valence-electron chi connectivity index (χ0n) is 5.02. The van der Waals surface area contributed by atoms with Crippen LogP contribution in [0.5, 0.6) is 0 Å². The Balaban J connectivity index is 4.05. The Morgan fingerprint density at radius 3 is 1.50 bits per heavy atom. The fraction of sp³-hybridized carbons (Fsp3) is 0.333. The average molecular weight is 142 g/mol. The van der Waals surface area contributed by atoms with Crippen molar-refractivity contribution in [3.05, 3.63) is 12.2 Å². The van der Waals surface area contributed by atoms with Crippen LogP contribution in [0.1, 0.15) is 0 Å². The van der Waals surface area contributed by atoms with Crippen molar-refractivity contribution in [1.82, 2.24) is 0 Å². The smallest absolute Gasteiger partial charge is 0.122 e. The van der Waals surface area contributed by atoms with Gasteiger partial charge in [-0.3, -0.25) is 0 Å². The molecule has 0 saturated heterocycles. The molecule has 0 aliphatic rings. The second-order valence-corrected chi connectivity index (χ2v) is 1.55. The van der Waals surface area contributed by atoms with E-state index in [-0.39, 0.29) is 0 Å². The van der Waals surface area contributed by atoms with E-state index in [1.54, 1.807) is 0 Å². The molecule has 2 N–H and O–H groups in total. The number of carbonyl (C=O) groups excluding carboxylic acids is 2. The maximum atomic E-state index is 9.56. The Morgan fingerprint density at radius 2 is 1.30 bits per heavy atom. The van der Waals surface area contributed by atoms with E-state index in [0.717, 1.165) is 0 Å². The van der Waals surface area contributed by atoms with Gasteiger partial charge in [0.15, 0.2) is 0 Å². The molecule has 4 nitrogen and oxygen atoms in total. The number of aliphatic hydroxyl groups excluding tert-OH is 2. The second-order valence-electron chi connectivity index (χ2n) is 1.55. The van der Waals surface area contributed by atoms with Gasteiger partial charge in [-0.2, -0.15) is 0 Å². The van der Waals surface area contributed by atoms with Crippen LogP contribution < -0.4 is 0 Å². The van der Waals surface area contributed by atoms with Crippen LogP contribution in [0, 0.1) is 0 Å². The van der Waals surface area contributed by atoms with Crippen LogP contribution in [-0.2, 0) is 9.59 Å².